The smallest absolute Gasteiger partial charge is 0.351 e. The van der Waals surface area contributed by atoms with Gasteiger partial charge in [0.25, 0.3) is 0 Å². The van der Waals surface area contributed by atoms with Gasteiger partial charge in [-0.15, -0.1) is 0 Å². The number of anilines is 3. The Balaban J connectivity index is 1.70. The van der Waals surface area contributed by atoms with Gasteiger partial charge >= 0.3 is 6.18 Å². The molecule has 0 radical (unpaired) electrons. The molecule has 4 rings (SSSR count). The number of imidazole rings is 1. The van der Waals surface area contributed by atoms with Crippen LogP contribution in [0.2, 0.25) is 0 Å². The molecule has 0 aliphatic heterocycles. The molecule has 10 heteroatoms. The van der Waals surface area contributed by atoms with Gasteiger partial charge in [0.2, 0.25) is 11.9 Å². The third kappa shape index (κ3) is 4.90. The molecule has 7 nitrogen and oxygen atoms in total. The van der Waals surface area contributed by atoms with E-state index in [-0.39, 0.29) is 6.04 Å². The molecule has 0 spiro atoms. The van der Waals surface area contributed by atoms with E-state index in [0.717, 1.165) is 25.0 Å². The first-order valence-electron chi connectivity index (χ1n) is 10.4. The molecule has 166 valence electrons. The molecule has 0 bridgehead atoms. The molecule has 0 amide bonds. The first-order valence-corrected chi connectivity index (χ1v) is 10.4. The highest BCUT2D eigenvalue weighted by atomic mass is 19.4. The number of fused-ring (bicyclic) bond motifs is 1. The van der Waals surface area contributed by atoms with Crippen LogP contribution in [0.15, 0.2) is 24.4 Å². The molecule has 1 aliphatic rings. The van der Waals surface area contributed by atoms with Crippen molar-refractivity contribution in [1.82, 2.24) is 19.5 Å². The number of rotatable bonds is 6. The van der Waals surface area contributed by atoms with Crippen LogP contribution in [0.25, 0.3) is 11.2 Å². The number of alkyl halides is 3. The lowest BCUT2D eigenvalue weighted by Gasteiger charge is -2.15. The van der Waals surface area contributed by atoms with Gasteiger partial charge in [-0.1, -0.05) is 12.8 Å². The lowest BCUT2D eigenvalue weighted by molar-refractivity contribution is -0.137. The molecule has 1 atom stereocenters. The second kappa shape index (κ2) is 8.33. The minimum Gasteiger partial charge on any atom is -0.351 e. The van der Waals surface area contributed by atoms with Crippen LogP contribution in [0.5, 0.6) is 0 Å². The topological polar surface area (TPSA) is 93.7 Å². The van der Waals surface area contributed by atoms with Gasteiger partial charge in [-0.2, -0.15) is 18.2 Å². The number of aromatic nitrogens is 4. The van der Waals surface area contributed by atoms with Crippen molar-refractivity contribution >= 4 is 28.7 Å². The van der Waals surface area contributed by atoms with E-state index >= 15 is 0 Å². The molecule has 1 aliphatic carbocycles. The average molecular weight is 433 g/mol. The van der Waals surface area contributed by atoms with Crippen LogP contribution < -0.4 is 16.4 Å². The lowest BCUT2D eigenvalue weighted by atomic mass is 10.1. The predicted octanol–water partition coefficient (Wildman–Crippen LogP) is 4.60. The molecule has 2 heterocycles. The Labute approximate surface area is 178 Å². The van der Waals surface area contributed by atoms with Crippen molar-refractivity contribution in [2.24, 2.45) is 5.73 Å². The molecule has 31 heavy (non-hydrogen) atoms. The van der Waals surface area contributed by atoms with E-state index in [1.165, 1.54) is 12.8 Å². The predicted molar refractivity (Wildman–Crippen MR) is 114 cm³/mol. The van der Waals surface area contributed by atoms with Gasteiger partial charge in [0, 0.05) is 24.3 Å². The highest BCUT2D eigenvalue weighted by molar-refractivity contribution is 5.76. The number of hydrogen-bond acceptors (Lipinski definition) is 6. The van der Waals surface area contributed by atoms with Gasteiger partial charge in [-0.05, 0) is 50.5 Å². The maximum atomic E-state index is 13.2. The summed E-state index contributed by atoms with van der Waals surface area (Å²) in [6, 6.07) is 3.98. The summed E-state index contributed by atoms with van der Waals surface area (Å²) in [5.74, 6) is 0.894. The van der Waals surface area contributed by atoms with Crippen LogP contribution in [-0.2, 0) is 12.7 Å². The number of benzene rings is 1. The zero-order valence-electron chi connectivity index (χ0n) is 17.5. The van der Waals surface area contributed by atoms with Crippen LogP contribution >= 0.6 is 0 Å². The van der Waals surface area contributed by atoms with Gasteiger partial charge in [-0.25, -0.2) is 9.97 Å². The number of nitrogens with zero attached hydrogens (tertiary/aromatic N) is 4. The lowest BCUT2D eigenvalue weighted by Crippen LogP contribution is -2.23. The number of hydrogen-bond donors (Lipinski definition) is 3. The molecule has 1 aromatic carbocycles. The van der Waals surface area contributed by atoms with Crippen molar-refractivity contribution in [2.45, 2.75) is 64.3 Å². The standard InChI is InChI=1S/C21H26F3N7/c1-12-7-14(21(22,23)24)9-16(8-12)28-20-29-17-10-26-19(27-15-5-3-4-6-15)30-18(17)31(20)11-13(2)25/h7-10,13,15H,3-6,11,25H2,1-2H3,(H,28,29)(H,26,27,30). The van der Waals surface area contributed by atoms with Gasteiger partial charge < -0.3 is 16.4 Å². The maximum Gasteiger partial charge on any atom is 0.416 e. The van der Waals surface area contributed by atoms with E-state index in [1.807, 2.05) is 6.92 Å². The van der Waals surface area contributed by atoms with E-state index in [2.05, 4.69) is 25.6 Å². The summed E-state index contributed by atoms with van der Waals surface area (Å²) in [6.07, 6.45) is 1.74. The molecule has 2 aromatic heterocycles. The van der Waals surface area contributed by atoms with Crippen molar-refractivity contribution in [2.75, 3.05) is 10.6 Å². The first kappa shape index (κ1) is 21.4. The minimum atomic E-state index is -4.43. The van der Waals surface area contributed by atoms with E-state index < -0.39 is 11.7 Å². The molecule has 1 saturated carbocycles. The van der Waals surface area contributed by atoms with Crippen molar-refractivity contribution in [3.8, 4) is 0 Å². The third-order valence-corrected chi connectivity index (χ3v) is 5.31. The van der Waals surface area contributed by atoms with Crippen molar-refractivity contribution in [1.29, 1.82) is 0 Å². The second-order valence-corrected chi connectivity index (χ2v) is 8.26. The zero-order valence-corrected chi connectivity index (χ0v) is 17.5. The van der Waals surface area contributed by atoms with Crippen molar-refractivity contribution in [3.05, 3.63) is 35.5 Å². The first-order chi connectivity index (χ1) is 14.7. The third-order valence-electron chi connectivity index (χ3n) is 5.31. The fraction of sp³-hybridized carbons (Fsp3) is 0.476. The van der Waals surface area contributed by atoms with Crippen LogP contribution in [0, 0.1) is 6.92 Å². The zero-order chi connectivity index (χ0) is 22.2. The Morgan fingerprint density at radius 3 is 2.61 bits per heavy atom. The largest absolute Gasteiger partial charge is 0.416 e. The number of nitrogens with two attached hydrogens (primary N) is 1. The molecule has 3 aromatic rings. The number of halogens is 3. The minimum absolute atomic E-state index is 0.206. The maximum absolute atomic E-state index is 13.2. The highest BCUT2D eigenvalue weighted by Crippen LogP contribution is 2.33. The molecule has 0 saturated heterocycles. The number of nitrogens with one attached hydrogen (secondary N) is 2. The summed E-state index contributed by atoms with van der Waals surface area (Å²) in [5.41, 5.74) is 7.23. The van der Waals surface area contributed by atoms with Crippen LogP contribution in [-0.4, -0.2) is 31.6 Å². The molecular weight excluding hydrogens is 407 g/mol. The van der Waals surface area contributed by atoms with Crippen molar-refractivity contribution in [3.63, 3.8) is 0 Å². The van der Waals surface area contributed by atoms with E-state index in [4.69, 9.17) is 5.73 Å². The van der Waals surface area contributed by atoms with E-state index in [9.17, 15) is 13.2 Å². The summed E-state index contributed by atoms with van der Waals surface area (Å²) >= 11 is 0. The van der Waals surface area contributed by atoms with Gasteiger partial charge in [0.1, 0.15) is 5.52 Å². The fourth-order valence-corrected chi connectivity index (χ4v) is 3.95. The Hall–Kier alpha value is -2.88. The summed E-state index contributed by atoms with van der Waals surface area (Å²) in [6.45, 7) is 3.87. The van der Waals surface area contributed by atoms with Gasteiger partial charge in [-0.3, -0.25) is 4.57 Å². The normalized spacial score (nSPS) is 16.1. The monoisotopic (exact) mass is 433 g/mol. The second-order valence-electron chi connectivity index (χ2n) is 8.26. The Morgan fingerprint density at radius 2 is 1.94 bits per heavy atom. The van der Waals surface area contributed by atoms with E-state index in [1.54, 1.807) is 23.8 Å². The molecule has 4 N–H and O–H groups in total. The fourth-order valence-electron chi connectivity index (χ4n) is 3.95. The van der Waals surface area contributed by atoms with Crippen LogP contribution in [0.3, 0.4) is 0 Å². The van der Waals surface area contributed by atoms with Gasteiger partial charge in [0.15, 0.2) is 5.65 Å². The summed E-state index contributed by atoms with van der Waals surface area (Å²) in [7, 11) is 0. The van der Waals surface area contributed by atoms with Crippen molar-refractivity contribution < 1.29 is 13.2 Å². The average Bonchev–Trinajstić information content (AvgIpc) is 3.29. The Bertz CT molecular complexity index is 1070. The SMILES string of the molecule is Cc1cc(Nc2nc3cnc(NC4CCCC4)nc3n2CC(C)N)cc(C(F)(F)F)c1. The highest BCUT2D eigenvalue weighted by Gasteiger charge is 2.31. The Morgan fingerprint density at radius 1 is 1.19 bits per heavy atom. The summed E-state index contributed by atoms with van der Waals surface area (Å²) in [4.78, 5) is 13.5. The van der Waals surface area contributed by atoms with Crippen LogP contribution in [0.4, 0.5) is 30.8 Å². The molecular formula is C21H26F3N7. The molecule has 1 fully saturated rings. The summed E-state index contributed by atoms with van der Waals surface area (Å²) < 4.78 is 41.5. The van der Waals surface area contributed by atoms with Gasteiger partial charge in [0.05, 0.1) is 11.8 Å². The number of aryl methyl sites for hydroxylation is 1. The summed E-state index contributed by atoms with van der Waals surface area (Å²) in [5, 5.41) is 6.39. The Kier molecular flexibility index (Phi) is 5.74. The van der Waals surface area contributed by atoms with Crippen LogP contribution in [0.1, 0.15) is 43.7 Å². The quantitative estimate of drug-likeness (QED) is 0.526. The molecule has 1 unspecified atom stereocenters. The van der Waals surface area contributed by atoms with E-state index in [0.29, 0.717) is 46.9 Å².